The van der Waals surface area contributed by atoms with E-state index in [1.165, 1.54) is 18.4 Å². The minimum atomic E-state index is 0.0526. The average molecular weight is 252 g/mol. The van der Waals surface area contributed by atoms with Crippen molar-refractivity contribution in [1.82, 2.24) is 10.2 Å². The average Bonchev–Trinajstić information content (AvgIpc) is 2.76. The van der Waals surface area contributed by atoms with E-state index in [0.29, 0.717) is 11.8 Å². The minimum absolute atomic E-state index is 0.0526. The predicted molar refractivity (Wildman–Crippen MR) is 76.3 cm³/mol. The molecule has 2 amide bonds. The van der Waals surface area contributed by atoms with Crippen LogP contribution in [0.3, 0.4) is 0 Å². The van der Waals surface area contributed by atoms with Crippen molar-refractivity contribution >= 4 is 6.03 Å². The lowest BCUT2D eigenvalue weighted by molar-refractivity contribution is 0.187. The Morgan fingerprint density at radius 2 is 1.67 bits per heavy atom. The van der Waals surface area contributed by atoms with Crippen molar-refractivity contribution in [3.63, 3.8) is 0 Å². The fourth-order valence-corrected chi connectivity index (χ4v) is 2.35. The smallest absolute Gasteiger partial charge is 0.321 e. The molecule has 0 radical (unpaired) electrons. The molecule has 1 N–H and O–H groups in total. The molecule has 0 saturated heterocycles. The van der Waals surface area contributed by atoms with Crippen LogP contribution in [0, 0.1) is 11.8 Å². The second kappa shape index (κ2) is 7.45. The largest absolute Gasteiger partial charge is 0.324 e. The predicted octanol–water partition coefficient (Wildman–Crippen LogP) is 3.77. The molecule has 0 aromatic heterocycles. The second-order valence-corrected chi connectivity index (χ2v) is 6.15. The molecule has 18 heavy (non-hydrogen) atoms. The van der Waals surface area contributed by atoms with Gasteiger partial charge in [-0.05, 0) is 37.5 Å². The summed E-state index contributed by atoms with van der Waals surface area (Å²) in [6.45, 7) is 10.2. The van der Waals surface area contributed by atoms with Crippen molar-refractivity contribution < 1.29 is 4.79 Å². The van der Waals surface area contributed by atoms with Crippen LogP contribution >= 0.6 is 0 Å². The van der Waals surface area contributed by atoms with Gasteiger partial charge in [0.05, 0.1) is 0 Å². The maximum atomic E-state index is 12.1. The summed E-state index contributed by atoms with van der Waals surface area (Å²) >= 11 is 0. The zero-order valence-electron chi connectivity index (χ0n) is 12.3. The Balaban J connectivity index is 2.49. The zero-order valence-corrected chi connectivity index (χ0v) is 12.3. The van der Waals surface area contributed by atoms with Crippen molar-refractivity contribution in [1.29, 1.82) is 0 Å². The number of hydrogen-bond acceptors (Lipinski definition) is 1. The van der Waals surface area contributed by atoms with Gasteiger partial charge in [-0.3, -0.25) is 0 Å². The van der Waals surface area contributed by atoms with Gasteiger partial charge in [0, 0.05) is 19.3 Å². The molecule has 0 aromatic rings. The lowest BCUT2D eigenvalue weighted by Crippen LogP contribution is -2.42. The Kier molecular flexibility index (Phi) is 6.23. The first-order valence-electron chi connectivity index (χ1n) is 7.22. The molecule has 0 unspecified atom stereocenters. The molecule has 1 saturated carbocycles. The van der Waals surface area contributed by atoms with E-state index in [9.17, 15) is 4.79 Å². The zero-order chi connectivity index (χ0) is 13.5. The molecule has 1 aliphatic rings. The highest BCUT2D eigenvalue weighted by Gasteiger charge is 2.15. The molecule has 3 nitrogen and oxygen atoms in total. The third kappa shape index (κ3) is 5.56. The van der Waals surface area contributed by atoms with Crippen LogP contribution in [0.25, 0.3) is 0 Å². The molecular weight excluding hydrogens is 224 g/mol. The van der Waals surface area contributed by atoms with Crippen molar-refractivity contribution in [3.05, 3.63) is 11.8 Å². The van der Waals surface area contributed by atoms with Crippen LogP contribution in [0.5, 0.6) is 0 Å². The first-order valence-corrected chi connectivity index (χ1v) is 7.22. The van der Waals surface area contributed by atoms with E-state index in [1.54, 1.807) is 0 Å². The van der Waals surface area contributed by atoms with Crippen LogP contribution in [0.2, 0.25) is 0 Å². The van der Waals surface area contributed by atoms with Gasteiger partial charge in [-0.15, -0.1) is 0 Å². The van der Waals surface area contributed by atoms with E-state index in [4.69, 9.17) is 0 Å². The van der Waals surface area contributed by atoms with Crippen LogP contribution < -0.4 is 5.32 Å². The van der Waals surface area contributed by atoms with Gasteiger partial charge in [-0.2, -0.15) is 0 Å². The second-order valence-electron chi connectivity index (χ2n) is 6.15. The summed E-state index contributed by atoms with van der Waals surface area (Å²) in [6.07, 6.45) is 6.76. The first kappa shape index (κ1) is 15.1. The Morgan fingerprint density at radius 1 is 1.17 bits per heavy atom. The molecule has 0 aliphatic heterocycles. The number of carbonyl (C=O) groups excluding carboxylic acids is 1. The van der Waals surface area contributed by atoms with Gasteiger partial charge < -0.3 is 10.2 Å². The van der Waals surface area contributed by atoms with Gasteiger partial charge in [0.15, 0.2) is 0 Å². The molecule has 3 heteroatoms. The van der Waals surface area contributed by atoms with E-state index in [-0.39, 0.29) is 6.03 Å². The van der Waals surface area contributed by atoms with Crippen LogP contribution in [-0.4, -0.2) is 24.0 Å². The summed E-state index contributed by atoms with van der Waals surface area (Å²) in [5.41, 5.74) is 1.39. The van der Waals surface area contributed by atoms with Crippen molar-refractivity contribution in [3.8, 4) is 0 Å². The fourth-order valence-electron chi connectivity index (χ4n) is 2.35. The molecule has 0 bridgehead atoms. The number of rotatable bonds is 5. The molecular formula is C15H28N2O. The normalized spacial score (nSPS) is 15.3. The Labute approximate surface area is 112 Å². The fraction of sp³-hybridized carbons (Fsp3) is 0.800. The third-order valence-corrected chi connectivity index (χ3v) is 3.10. The number of hydrogen-bond donors (Lipinski definition) is 1. The quantitative estimate of drug-likeness (QED) is 0.793. The van der Waals surface area contributed by atoms with Crippen LogP contribution in [-0.2, 0) is 0 Å². The first-order chi connectivity index (χ1) is 8.49. The summed E-state index contributed by atoms with van der Waals surface area (Å²) in [5, 5.41) is 2.96. The van der Waals surface area contributed by atoms with Gasteiger partial charge in [0.1, 0.15) is 0 Å². The molecule has 0 aromatic carbocycles. The van der Waals surface area contributed by atoms with Gasteiger partial charge in [0.2, 0.25) is 0 Å². The van der Waals surface area contributed by atoms with E-state index in [2.05, 4.69) is 33.0 Å². The Hall–Kier alpha value is -0.990. The van der Waals surface area contributed by atoms with Crippen LogP contribution in [0.4, 0.5) is 4.79 Å². The minimum Gasteiger partial charge on any atom is -0.324 e. The maximum Gasteiger partial charge on any atom is 0.321 e. The number of urea groups is 1. The van der Waals surface area contributed by atoms with Crippen LogP contribution in [0.15, 0.2) is 11.8 Å². The molecule has 0 spiro atoms. The SMILES string of the molecule is CC(C)CN(CC(C)C)C(=O)NC=C1CCCC1. The van der Waals surface area contributed by atoms with Crippen molar-refractivity contribution in [2.75, 3.05) is 13.1 Å². The van der Waals surface area contributed by atoms with Gasteiger partial charge in [-0.25, -0.2) is 4.79 Å². The molecule has 104 valence electrons. The molecule has 1 aliphatic carbocycles. The number of amides is 2. The highest BCUT2D eigenvalue weighted by atomic mass is 16.2. The van der Waals surface area contributed by atoms with Gasteiger partial charge >= 0.3 is 6.03 Å². The summed E-state index contributed by atoms with van der Waals surface area (Å²) in [6, 6.07) is 0.0526. The number of carbonyl (C=O) groups is 1. The number of nitrogens with zero attached hydrogens (tertiary/aromatic N) is 1. The van der Waals surface area contributed by atoms with E-state index in [1.807, 2.05) is 11.1 Å². The van der Waals surface area contributed by atoms with Crippen LogP contribution in [0.1, 0.15) is 53.4 Å². The lowest BCUT2D eigenvalue weighted by atomic mass is 10.1. The van der Waals surface area contributed by atoms with Crippen molar-refractivity contribution in [2.24, 2.45) is 11.8 Å². The highest BCUT2D eigenvalue weighted by molar-refractivity contribution is 5.75. The standard InChI is InChI=1S/C15H28N2O/c1-12(2)10-17(11-13(3)4)15(18)16-9-14-7-5-6-8-14/h9,12-13H,5-8,10-11H2,1-4H3,(H,16,18). The monoisotopic (exact) mass is 252 g/mol. The molecule has 1 rings (SSSR count). The Bertz CT molecular complexity index is 277. The third-order valence-electron chi connectivity index (χ3n) is 3.10. The van der Waals surface area contributed by atoms with Crippen molar-refractivity contribution in [2.45, 2.75) is 53.4 Å². The maximum absolute atomic E-state index is 12.1. The summed E-state index contributed by atoms with van der Waals surface area (Å²) < 4.78 is 0. The van der Waals surface area contributed by atoms with E-state index < -0.39 is 0 Å². The molecule has 0 heterocycles. The number of allylic oxidation sites excluding steroid dienone is 1. The van der Waals surface area contributed by atoms with Gasteiger partial charge in [-0.1, -0.05) is 33.3 Å². The topological polar surface area (TPSA) is 32.3 Å². The van der Waals surface area contributed by atoms with Gasteiger partial charge in [0.25, 0.3) is 0 Å². The highest BCUT2D eigenvalue weighted by Crippen LogP contribution is 2.22. The molecule has 1 fully saturated rings. The summed E-state index contributed by atoms with van der Waals surface area (Å²) in [5.74, 6) is 1.02. The summed E-state index contributed by atoms with van der Waals surface area (Å²) in [4.78, 5) is 14.1. The summed E-state index contributed by atoms with van der Waals surface area (Å²) in [7, 11) is 0. The molecule has 0 atom stereocenters. The lowest BCUT2D eigenvalue weighted by Gasteiger charge is -2.26. The van der Waals surface area contributed by atoms with E-state index >= 15 is 0 Å². The number of nitrogens with one attached hydrogen (secondary N) is 1. The van der Waals surface area contributed by atoms with E-state index in [0.717, 1.165) is 25.9 Å². The Morgan fingerprint density at radius 3 is 2.11 bits per heavy atom.